The average Bonchev–Trinajstić information content (AvgIpc) is 2.58. The van der Waals surface area contributed by atoms with Crippen molar-refractivity contribution in [3.8, 4) is 0 Å². The van der Waals surface area contributed by atoms with E-state index < -0.39 is 0 Å². The van der Waals surface area contributed by atoms with E-state index in [1.807, 2.05) is 0 Å². The first kappa shape index (κ1) is 10.7. The Balaban J connectivity index is 1.95. The summed E-state index contributed by atoms with van der Waals surface area (Å²) >= 11 is 0. The highest BCUT2D eigenvalue weighted by atomic mass is 16.5. The number of carbonyl (C=O) groups excluding carboxylic acids is 1. The molecule has 1 atom stereocenters. The monoisotopic (exact) mass is 209 g/mol. The van der Waals surface area contributed by atoms with Crippen LogP contribution in [0.3, 0.4) is 0 Å². The summed E-state index contributed by atoms with van der Waals surface area (Å²) in [6.45, 7) is 1.74. The van der Waals surface area contributed by atoms with E-state index in [9.17, 15) is 4.79 Å². The summed E-state index contributed by atoms with van der Waals surface area (Å²) < 4.78 is 5.21. The number of rotatable bonds is 2. The smallest absolute Gasteiger partial charge is 0.178 e. The molecule has 2 aliphatic heterocycles. The normalized spacial score (nSPS) is 27.5. The predicted molar refractivity (Wildman–Crippen MR) is 58.5 cm³/mol. The van der Waals surface area contributed by atoms with Gasteiger partial charge in [-0.3, -0.25) is 4.79 Å². The molecule has 0 spiro atoms. The van der Waals surface area contributed by atoms with E-state index in [4.69, 9.17) is 4.74 Å². The molecule has 0 aromatic rings. The molecule has 3 nitrogen and oxygen atoms in total. The number of nitrogens with one attached hydrogen (secondary N) is 1. The summed E-state index contributed by atoms with van der Waals surface area (Å²) in [5, 5.41) is 3.33. The molecular weight excluding hydrogens is 190 g/mol. The van der Waals surface area contributed by atoms with Gasteiger partial charge in [0.15, 0.2) is 5.78 Å². The minimum atomic E-state index is 0.0421. The number of ketones is 1. The Morgan fingerprint density at radius 1 is 1.33 bits per heavy atom. The Hall–Kier alpha value is -0.830. The minimum Gasteiger partial charge on any atom is -0.501 e. The predicted octanol–water partition coefficient (Wildman–Crippen LogP) is 1.78. The highest BCUT2D eigenvalue weighted by molar-refractivity contribution is 5.99. The lowest BCUT2D eigenvalue weighted by Gasteiger charge is -2.18. The molecule has 84 valence electrons. The maximum atomic E-state index is 12.1. The van der Waals surface area contributed by atoms with E-state index in [2.05, 4.69) is 5.32 Å². The maximum Gasteiger partial charge on any atom is 0.178 e. The fourth-order valence-electron chi connectivity index (χ4n) is 2.22. The van der Waals surface area contributed by atoms with Crippen LogP contribution in [0.5, 0.6) is 0 Å². The number of carbonyl (C=O) groups is 1. The Morgan fingerprint density at radius 3 is 3.07 bits per heavy atom. The van der Waals surface area contributed by atoms with E-state index in [1.165, 1.54) is 12.8 Å². The molecule has 0 amide bonds. The minimum absolute atomic E-state index is 0.0421. The van der Waals surface area contributed by atoms with Crippen LogP contribution in [0.2, 0.25) is 0 Å². The summed E-state index contributed by atoms with van der Waals surface area (Å²) in [7, 11) is 0. The highest BCUT2D eigenvalue weighted by Crippen LogP contribution is 2.18. The third kappa shape index (κ3) is 2.81. The van der Waals surface area contributed by atoms with Crippen LogP contribution in [-0.4, -0.2) is 25.0 Å². The summed E-state index contributed by atoms with van der Waals surface area (Å²) in [4.78, 5) is 12.1. The fourth-order valence-corrected chi connectivity index (χ4v) is 2.22. The van der Waals surface area contributed by atoms with Crippen molar-refractivity contribution in [3.05, 3.63) is 11.8 Å². The SMILES string of the molecule is O=C(C1=COCCC1)C1CCCCCN1. The zero-order valence-electron chi connectivity index (χ0n) is 9.13. The van der Waals surface area contributed by atoms with Crippen molar-refractivity contribution >= 4 is 5.78 Å². The van der Waals surface area contributed by atoms with Crippen molar-refractivity contribution in [2.24, 2.45) is 0 Å². The first-order valence-electron chi connectivity index (χ1n) is 5.96. The van der Waals surface area contributed by atoms with Crippen LogP contribution in [0.25, 0.3) is 0 Å². The Bertz CT molecular complexity index is 252. The summed E-state index contributed by atoms with van der Waals surface area (Å²) in [5.74, 6) is 0.261. The molecule has 0 saturated carbocycles. The van der Waals surface area contributed by atoms with Gasteiger partial charge in [-0.15, -0.1) is 0 Å². The van der Waals surface area contributed by atoms with Gasteiger partial charge in [-0.05, 0) is 32.2 Å². The Morgan fingerprint density at radius 2 is 2.27 bits per heavy atom. The van der Waals surface area contributed by atoms with E-state index in [0.29, 0.717) is 0 Å². The summed E-state index contributed by atoms with van der Waals surface area (Å²) in [6.07, 6.45) is 8.11. The molecule has 0 aromatic heterocycles. The summed E-state index contributed by atoms with van der Waals surface area (Å²) in [6, 6.07) is 0.0421. The van der Waals surface area contributed by atoms with E-state index in [0.717, 1.165) is 44.4 Å². The average molecular weight is 209 g/mol. The molecule has 15 heavy (non-hydrogen) atoms. The molecule has 1 saturated heterocycles. The van der Waals surface area contributed by atoms with Crippen LogP contribution in [0.1, 0.15) is 38.5 Å². The molecule has 2 heterocycles. The van der Waals surface area contributed by atoms with Gasteiger partial charge in [0.05, 0.1) is 18.9 Å². The van der Waals surface area contributed by atoms with Gasteiger partial charge >= 0.3 is 0 Å². The van der Waals surface area contributed by atoms with Gasteiger partial charge in [0, 0.05) is 5.57 Å². The van der Waals surface area contributed by atoms with Crippen molar-refractivity contribution in [2.75, 3.05) is 13.2 Å². The van der Waals surface area contributed by atoms with Gasteiger partial charge in [-0.2, -0.15) is 0 Å². The summed E-state index contributed by atoms with van der Waals surface area (Å²) in [5.41, 5.74) is 0.876. The molecule has 2 rings (SSSR count). The Kier molecular flexibility index (Phi) is 3.78. The molecule has 0 radical (unpaired) electrons. The molecule has 2 aliphatic rings. The van der Waals surface area contributed by atoms with Crippen molar-refractivity contribution in [1.29, 1.82) is 0 Å². The second-order valence-corrected chi connectivity index (χ2v) is 4.34. The topological polar surface area (TPSA) is 38.3 Å². The third-order valence-electron chi connectivity index (χ3n) is 3.13. The van der Waals surface area contributed by atoms with Crippen molar-refractivity contribution in [2.45, 2.75) is 44.6 Å². The van der Waals surface area contributed by atoms with E-state index in [-0.39, 0.29) is 11.8 Å². The first-order chi connectivity index (χ1) is 7.38. The van der Waals surface area contributed by atoms with Crippen LogP contribution in [-0.2, 0) is 9.53 Å². The molecule has 0 aliphatic carbocycles. The van der Waals surface area contributed by atoms with Crippen LogP contribution >= 0.6 is 0 Å². The molecule has 1 fully saturated rings. The molecular formula is C12H19NO2. The quantitative estimate of drug-likeness (QED) is 0.753. The van der Waals surface area contributed by atoms with Crippen molar-refractivity contribution < 1.29 is 9.53 Å². The van der Waals surface area contributed by atoms with Gasteiger partial charge in [0.25, 0.3) is 0 Å². The number of ether oxygens (including phenoxy) is 1. The van der Waals surface area contributed by atoms with E-state index in [1.54, 1.807) is 6.26 Å². The lowest BCUT2D eigenvalue weighted by molar-refractivity contribution is -0.118. The van der Waals surface area contributed by atoms with Crippen LogP contribution < -0.4 is 5.32 Å². The Labute approximate surface area is 90.9 Å². The number of hydrogen-bond acceptors (Lipinski definition) is 3. The number of Topliss-reactive ketones (excluding diaryl/α,β-unsaturated/α-hetero) is 1. The lowest BCUT2D eigenvalue weighted by atomic mass is 9.97. The van der Waals surface area contributed by atoms with Gasteiger partial charge < -0.3 is 10.1 Å². The number of hydrogen-bond donors (Lipinski definition) is 1. The molecule has 3 heteroatoms. The van der Waals surface area contributed by atoms with Gasteiger partial charge in [0.1, 0.15) is 0 Å². The highest BCUT2D eigenvalue weighted by Gasteiger charge is 2.23. The van der Waals surface area contributed by atoms with E-state index >= 15 is 0 Å². The molecule has 1 N–H and O–H groups in total. The molecule has 0 aromatic carbocycles. The van der Waals surface area contributed by atoms with Gasteiger partial charge in [0.2, 0.25) is 0 Å². The van der Waals surface area contributed by atoms with Crippen LogP contribution in [0, 0.1) is 0 Å². The molecule has 1 unspecified atom stereocenters. The largest absolute Gasteiger partial charge is 0.501 e. The zero-order chi connectivity index (χ0) is 10.5. The fraction of sp³-hybridized carbons (Fsp3) is 0.750. The van der Waals surface area contributed by atoms with Gasteiger partial charge in [-0.1, -0.05) is 12.8 Å². The third-order valence-corrected chi connectivity index (χ3v) is 3.13. The van der Waals surface area contributed by atoms with Crippen molar-refractivity contribution in [1.82, 2.24) is 5.32 Å². The van der Waals surface area contributed by atoms with Gasteiger partial charge in [-0.25, -0.2) is 0 Å². The molecule has 0 bridgehead atoms. The second kappa shape index (κ2) is 5.31. The first-order valence-corrected chi connectivity index (χ1v) is 5.96. The second-order valence-electron chi connectivity index (χ2n) is 4.34. The zero-order valence-corrected chi connectivity index (χ0v) is 9.13. The van der Waals surface area contributed by atoms with Crippen LogP contribution in [0.15, 0.2) is 11.8 Å². The maximum absolute atomic E-state index is 12.1. The van der Waals surface area contributed by atoms with Crippen LogP contribution in [0.4, 0.5) is 0 Å². The van der Waals surface area contributed by atoms with Crippen molar-refractivity contribution in [3.63, 3.8) is 0 Å². The standard InChI is InChI=1S/C12H19NO2/c14-12(10-5-4-8-15-9-10)11-6-2-1-3-7-13-11/h9,11,13H,1-8H2. The lowest BCUT2D eigenvalue weighted by Crippen LogP contribution is -2.37.